The highest BCUT2D eigenvalue weighted by atomic mass is 35.5. The van der Waals surface area contributed by atoms with Gasteiger partial charge in [-0.3, -0.25) is 4.90 Å². The van der Waals surface area contributed by atoms with Crippen molar-refractivity contribution in [3.05, 3.63) is 68.0 Å². The van der Waals surface area contributed by atoms with Crippen molar-refractivity contribution in [3.8, 4) is 0 Å². The molecule has 5 nitrogen and oxygen atoms in total. The van der Waals surface area contributed by atoms with Crippen LogP contribution in [-0.4, -0.2) is 21.4 Å². The molecule has 0 bridgehead atoms. The van der Waals surface area contributed by atoms with Crippen LogP contribution in [-0.2, 0) is 25.7 Å². The third-order valence-corrected chi connectivity index (χ3v) is 5.17. The van der Waals surface area contributed by atoms with Crippen LogP contribution < -0.4 is 5.63 Å². The molecule has 3 aromatic rings. The van der Waals surface area contributed by atoms with E-state index in [-0.39, 0.29) is 6.54 Å². The molecule has 0 amide bonds. The van der Waals surface area contributed by atoms with Gasteiger partial charge in [0.2, 0.25) is 5.82 Å². The molecule has 3 heterocycles. The minimum atomic E-state index is -4.57. The average molecular weight is 410 g/mol. The van der Waals surface area contributed by atoms with Gasteiger partial charge >= 0.3 is 11.8 Å². The number of nitrogens with zero attached hydrogens (tertiary/aromatic N) is 3. The second-order valence-electron chi connectivity index (χ2n) is 6.81. The molecule has 2 aromatic heterocycles. The molecule has 0 saturated heterocycles. The van der Waals surface area contributed by atoms with E-state index in [1.165, 1.54) is 6.20 Å². The average Bonchev–Trinajstić information content (AvgIpc) is 2.64. The maximum Gasteiger partial charge on any atom is 0.451 e. The zero-order valence-electron chi connectivity index (χ0n) is 14.8. The summed E-state index contributed by atoms with van der Waals surface area (Å²) in [5.41, 5.74) is 2.20. The van der Waals surface area contributed by atoms with Crippen LogP contribution in [0, 0.1) is 6.92 Å². The quantitative estimate of drug-likeness (QED) is 0.596. The number of benzene rings is 1. The third kappa shape index (κ3) is 3.49. The van der Waals surface area contributed by atoms with E-state index in [0.29, 0.717) is 52.3 Å². The van der Waals surface area contributed by atoms with E-state index in [4.69, 9.17) is 16.0 Å². The van der Waals surface area contributed by atoms with Crippen LogP contribution in [0.15, 0.2) is 33.6 Å². The molecule has 28 heavy (non-hydrogen) atoms. The van der Waals surface area contributed by atoms with E-state index < -0.39 is 17.6 Å². The van der Waals surface area contributed by atoms with E-state index in [0.717, 1.165) is 5.56 Å². The van der Waals surface area contributed by atoms with Gasteiger partial charge in [0.05, 0.1) is 16.3 Å². The predicted octanol–water partition coefficient (Wildman–Crippen LogP) is 4.12. The predicted molar refractivity (Wildman–Crippen MR) is 97.1 cm³/mol. The van der Waals surface area contributed by atoms with E-state index in [2.05, 4.69) is 9.97 Å². The largest absolute Gasteiger partial charge is 0.451 e. The van der Waals surface area contributed by atoms with E-state index in [9.17, 15) is 18.0 Å². The van der Waals surface area contributed by atoms with Crippen molar-refractivity contribution >= 4 is 22.6 Å². The molecular formula is C19H15ClF3N3O2. The molecular weight excluding hydrogens is 395 g/mol. The fraction of sp³-hybridized carbons (Fsp3) is 0.316. The summed E-state index contributed by atoms with van der Waals surface area (Å²) in [6.45, 7) is 2.92. The van der Waals surface area contributed by atoms with Crippen molar-refractivity contribution in [1.82, 2.24) is 14.9 Å². The van der Waals surface area contributed by atoms with Crippen LogP contribution >= 0.6 is 11.6 Å². The number of aryl methyl sites for hydroxylation is 1. The van der Waals surface area contributed by atoms with Crippen LogP contribution in [0.4, 0.5) is 13.2 Å². The van der Waals surface area contributed by atoms with Gasteiger partial charge in [0.25, 0.3) is 0 Å². The Hall–Kier alpha value is -2.45. The zero-order chi connectivity index (χ0) is 20.1. The normalized spacial score (nSPS) is 15.0. The van der Waals surface area contributed by atoms with Crippen molar-refractivity contribution in [1.29, 1.82) is 0 Å². The van der Waals surface area contributed by atoms with Gasteiger partial charge in [0, 0.05) is 43.2 Å². The third-order valence-electron chi connectivity index (χ3n) is 4.73. The summed E-state index contributed by atoms with van der Waals surface area (Å²) in [6, 6.07) is 5.38. The Morgan fingerprint density at radius 1 is 1.32 bits per heavy atom. The summed E-state index contributed by atoms with van der Waals surface area (Å²) in [6.07, 6.45) is -3.04. The first-order chi connectivity index (χ1) is 13.2. The van der Waals surface area contributed by atoms with Gasteiger partial charge in [-0.25, -0.2) is 14.8 Å². The molecule has 0 fully saturated rings. The lowest BCUT2D eigenvalue weighted by atomic mass is 10.1. The van der Waals surface area contributed by atoms with Gasteiger partial charge in [-0.05, 0) is 19.1 Å². The fourth-order valence-electron chi connectivity index (χ4n) is 3.32. The summed E-state index contributed by atoms with van der Waals surface area (Å²) in [5.74, 6) is -1.13. The van der Waals surface area contributed by atoms with E-state index >= 15 is 0 Å². The smallest absolute Gasteiger partial charge is 0.422 e. The first-order valence-corrected chi connectivity index (χ1v) is 8.96. The SMILES string of the molecule is Cc1ccc2oc(=O)c(CN3CCc4nc(C(F)(F)F)ncc4C3)c(Cl)c2c1. The summed E-state index contributed by atoms with van der Waals surface area (Å²) in [5, 5.41) is 0.997. The van der Waals surface area contributed by atoms with Crippen LogP contribution in [0.25, 0.3) is 11.0 Å². The highest BCUT2D eigenvalue weighted by Gasteiger charge is 2.35. The number of alkyl halides is 3. The second-order valence-corrected chi connectivity index (χ2v) is 7.18. The topological polar surface area (TPSA) is 59.2 Å². The molecule has 0 saturated carbocycles. The van der Waals surface area contributed by atoms with Crippen molar-refractivity contribution < 1.29 is 17.6 Å². The number of hydrogen-bond acceptors (Lipinski definition) is 5. The van der Waals surface area contributed by atoms with Gasteiger partial charge < -0.3 is 4.42 Å². The Morgan fingerprint density at radius 3 is 2.86 bits per heavy atom. The van der Waals surface area contributed by atoms with Crippen molar-refractivity contribution in [2.45, 2.75) is 32.6 Å². The molecule has 0 unspecified atom stereocenters. The highest BCUT2D eigenvalue weighted by Crippen LogP contribution is 2.30. The molecule has 0 N–H and O–H groups in total. The van der Waals surface area contributed by atoms with Crippen molar-refractivity contribution in [2.24, 2.45) is 0 Å². The summed E-state index contributed by atoms with van der Waals surface area (Å²) < 4.78 is 43.7. The first kappa shape index (κ1) is 18.9. The van der Waals surface area contributed by atoms with Crippen molar-refractivity contribution in [2.75, 3.05) is 6.54 Å². The molecule has 0 spiro atoms. The molecule has 0 radical (unpaired) electrons. The molecule has 146 valence electrons. The van der Waals surface area contributed by atoms with Gasteiger partial charge in [-0.15, -0.1) is 0 Å². The summed E-state index contributed by atoms with van der Waals surface area (Å²) in [7, 11) is 0. The van der Waals surface area contributed by atoms with Gasteiger partial charge in [-0.1, -0.05) is 23.2 Å². The Labute approximate surface area is 162 Å². The number of rotatable bonds is 2. The monoisotopic (exact) mass is 409 g/mol. The number of hydrogen-bond donors (Lipinski definition) is 0. The minimum absolute atomic E-state index is 0.228. The van der Waals surface area contributed by atoms with Crippen molar-refractivity contribution in [3.63, 3.8) is 0 Å². The standard InChI is InChI=1S/C19H15ClF3N3O2/c1-10-2-3-15-12(6-10)16(20)13(17(27)28-15)9-26-5-4-14-11(8-26)7-24-18(25-14)19(21,22)23/h2-3,6-7H,4-5,8-9H2,1H3. The molecule has 1 aliphatic heterocycles. The number of fused-ring (bicyclic) bond motifs is 2. The Bertz CT molecular complexity index is 1130. The first-order valence-electron chi connectivity index (χ1n) is 8.58. The molecule has 1 aromatic carbocycles. The van der Waals surface area contributed by atoms with Crippen LogP contribution in [0.5, 0.6) is 0 Å². The van der Waals surface area contributed by atoms with Gasteiger partial charge in [-0.2, -0.15) is 13.2 Å². The Morgan fingerprint density at radius 2 is 2.11 bits per heavy atom. The summed E-state index contributed by atoms with van der Waals surface area (Å²) >= 11 is 6.47. The fourth-order valence-corrected chi connectivity index (χ4v) is 3.61. The van der Waals surface area contributed by atoms with Crippen LogP contribution in [0.2, 0.25) is 5.02 Å². The molecule has 4 rings (SSSR count). The molecule has 0 aliphatic carbocycles. The molecule has 1 aliphatic rings. The maximum atomic E-state index is 12.8. The van der Waals surface area contributed by atoms with Gasteiger partial charge in [0.15, 0.2) is 0 Å². The minimum Gasteiger partial charge on any atom is -0.422 e. The molecule has 9 heteroatoms. The lowest BCUT2D eigenvalue weighted by Gasteiger charge is -2.28. The number of aromatic nitrogens is 2. The maximum absolute atomic E-state index is 12.8. The van der Waals surface area contributed by atoms with Gasteiger partial charge in [0.1, 0.15) is 5.58 Å². The van der Waals surface area contributed by atoms with E-state index in [1.54, 1.807) is 6.07 Å². The molecule has 0 atom stereocenters. The Kier molecular flexibility index (Phi) is 4.63. The van der Waals surface area contributed by atoms with Crippen LogP contribution in [0.1, 0.15) is 28.2 Å². The van der Waals surface area contributed by atoms with E-state index in [1.807, 2.05) is 24.0 Å². The number of halogens is 4. The Balaban J connectivity index is 1.62. The lowest BCUT2D eigenvalue weighted by Crippen LogP contribution is -2.33. The summed E-state index contributed by atoms with van der Waals surface area (Å²) in [4.78, 5) is 21.4. The highest BCUT2D eigenvalue weighted by molar-refractivity contribution is 6.36. The lowest BCUT2D eigenvalue weighted by molar-refractivity contribution is -0.145. The van der Waals surface area contributed by atoms with Crippen LogP contribution in [0.3, 0.4) is 0 Å². The zero-order valence-corrected chi connectivity index (χ0v) is 15.6. The second kappa shape index (κ2) is 6.86.